The van der Waals surface area contributed by atoms with Crippen molar-refractivity contribution in [2.45, 2.75) is 26.3 Å². The van der Waals surface area contributed by atoms with Crippen LogP contribution in [0.2, 0.25) is 0 Å². The minimum absolute atomic E-state index is 0.0925. The van der Waals surface area contributed by atoms with Gasteiger partial charge in [-0.2, -0.15) is 0 Å². The van der Waals surface area contributed by atoms with Gasteiger partial charge in [-0.1, -0.05) is 31.5 Å². The minimum Gasteiger partial charge on any atom is -0.354 e. The lowest BCUT2D eigenvalue weighted by Crippen LogP contribution is -2.30. The van der Waals surface area contributed by atoms with E-state index in [9.17, 15) is 9.59 Å². The molecule has 4 nitrogen and oxygen atoms in total. The molecule has 0 aliphatic heterocycles. The first-order chi connectivity index (χ1) is 9.19. The van der Waals surface area contributed by atoms with Crippen molar-refractivity contribution in [3.05, 3.63) is 46.4 Å². The summed E-state index contributed by atoms with van der Waals surface area (Å²) in [6.45, 7) is 2.63. The lowest BCUT2D eigenvalue weighted by Gasteiger charge is -2.13. The van der Waals surface area contributed by atoms with E-state index in [1.807, 2.05) is 18.2 Å². The molecule has 1 N–H and O–H groups in total. The maximum Gasteiger partial charge on any atom is 0.267 e. The average Bonchev–Trinajstić information content (AvgIpc) is 2.45. The molecule has 0 saturated heterocycles. The molecule has 0 fully saturated rings. The number of nitrogens with one attached hydrogen (secondary N) is 1. The second-order valence-electron chi connectivity index (χ2n) is 4.51. The first-order valence-corrected chi connectivity index (χ1v) is 6.53. The highest BCUT2D eigenvalue weighted by Gasteiger charge is 2.13. The predicted octanol–water partition coefficient (Wildman–Crippen LogP) is 2.16. The maximum atomic E-state index is 12.5. The third kappa shape index (κ3) is 2.52. The van der Waals surface area contributed by atoms with Gasteiger partial charge in [0.15, 0.2) is 0 Å². The van der Waals surface area contributed by atoms with Gasteiger partial charge in [0.1, 0.15) is 5.69 Å². The van der Waals surface area contributed by atoms with E-state index in [0.717, 1.165) is 18.2 Å². The highest BCUT2D eigenvalue weighted by atomic mass is 16.2. The number of hydrogen-bond donors (Lipinski definition) is 1. The average molecular weight is 258 g/mol. The number of rotatable bonds is 4. The van der Waals surface area contributed by atoms with Crippen LogP contribution in [0.1, 0.15) is 30.3 Å². The van der Waals surface area contributed by atoms with Gasteiger partial charge in [0.2, 0.25) is 0 Å². The molecule has 19 heavy (non-hydrogen) atoms. The lowest BCUT2D eigenvalue weighted by molar-refractivity contribution is 0.0952. The summed E-state index contributed by atoms with van der Waals surface area (Å²) in [7, 11) is 1.58. The Balaban J connectivity index is 2.69. The molecule has 1 aromatic heterocycles. The molecule has 0 saturated carbocycles. The third-order valence-electron chi connectivity index (χ3n) is 3.21. The predicted molar refractivity (Wildman–Crippen MR) is 76.5 cm³/mol. The molecule has 0 radical (unpaired) electrons. The van der Waals surface area contributed by atoms with Crippen LogP contribution >= 0.6 is 0 Å². The summed E-state index contributed by atoms with van der Waals surface area (Å²) < 4.78 is 1.57. The second-order valence-corrected chi connectivity index (χ2v) is 4.51. The van der Waals surface area contributed by atoms with Crippen LogP contribution in [0.3, 0.4) is 0 Å². The fraction of sp³-hybridized carbons (Fsp3) is 0.333. The fourth-order valence-electron chi connectivity index (χ4n) is 2.15. The highest BCUT2D eigenvalue weighted by Crippen LogP contribution is 2.12. The van der Waals surface area contributed by atoms with Crippen LogP contribution in [0.5, 0.6) is 0 Å². The van der Waals surface area contributed by atoms with Crippen LogP contribution in [0, 0.1) is 0 Å². The van der Waals surface area contributed by atoms with Gasteiger partial charge in [-0.3, -0.25) is 9.59 Å². The molecule has 100 valence electrons. The zero-order valence-corrected chi connectivity index (χ0v) is 11.3. The Morgan fingerprint density at radius 3 is 2.74 bits per heavy atom. The number of hydrogen-bond acceptors (Lipinski definition) is 2. The van der Waals surface area contributed by atoms with E-state index < -0.39 is 0 Å². The molecule has 0 aliphatic rings. The fourth-order valence-corrected chi connectivity index (χ4v) is 2.15. The molecule has 0 atom stereocenters. The van der Waals surface area contributed by atoms with Gasteiger partial charge >= 0.3 is 0 Å². The van der Waals surface area contributed by atoms with Crippen molar-refractivity contribution in [1.82, 2.24) is 9.88 Å². The second kappa shape index (κ2) is 5.69. The van der Waals surface area contributed by atoms with E-state index in [2.05, 4.69) is 12.2 Å². The van der Waals surface area contributed by atoms with Crippen LogP contribution in [0.15, 0.2) is 35.1 Å². The monoisotopic (exact) mass is 258 g/mol. The van der Waals surface area contributed by atoms with Gasteiger partial charge in [0, 0.05) is 19.0 Å². The van der Waals surface area contributed by atoms with Crippen molar-refractivity contribution in [1.29, 1.82) is 0 Å². The van der Waals surface area contributed by atoms with E-state index in [1.165, 1.54) is 0 Å². The van der Waals surface area contributed by atoms with Gasteiger partial charge in [-0.05, 0) is 23.9 Å². The van der Waals surface area contributed by atoms with Crippen LogP contribution in [-0.2, 0) is 6.54 Å². The van der Waals surface area contributed by atoms with Crippen molar-refractivity contribution in [3.63, 3.8) is 0 Å². The number of carbonyl (C=O) groups excluding carboxylic acids is 1. The molecule has 0 bridgehead atoms. The lowest BCUT2D eigenvalue weighted by atomic mass is 10.1. The first kappa shape index (κ1) is 13.3. The largest absolute Gasteiger partial charge is 0.354 e. The van der Waals surface area contributed by atoms with Crippen LogP contribution in [-0.4, -0.2) is 17.5 Å². The minimum atomic E-state index is -0.223. The SMILES string of the molecule is CCCCn1c(C(=O)NC)cc2ccccc2c1=O. The van der Waals surface area contributed by atoms with Crippen LogP contribution < -0.4 is 10.9 Å². The molecule has 0 spiro atoms. The number of unbranched alkanes of at least 4 members (excludes halogenated alkanes) is 1. The summed E-state index contributed by atoms with van der Waals surface area (Å²) >= 11 is 0. The smallest absolute Gasteiger partial charge is 0.267 e. The first-order valence-electron chi connectivity index (χ1n) is 6.53. The molecule has 1 heterocycles. The zero-order chi connectivity index (χ0) is 13.8. The summed E-state index contributed by atoms with van der Waals surface area (Å²) in [4.78, 5) is 24.4. The molecule has 1 aromatic carbocycles. The van der Waals surface area contributed by atoms with Gasteiger partial charge in [0.05, 0.1) is 0 Å². The molecule has 1 amide bonds. The Bertz CT molecular complexity index is 659. The number of nitrogens with zero attached hydrogens (tertiary/aromatic N) is 1. The summed E-state index contributed by atoms with van der Waals surface area (Å²) in [5.41, 5.74) is 0.338. The van der Waals surface area contributed by atoms with Gasteiger partial charge in [-0.25, -0.2) is 0 Å². The van der Waals surface area contributed by atoms with E-state index in [1.54, 1.807) is 23.7 Å². The summed E-state index contributed by atoms with van der Waals surface area (Å²) in [6, 6.07) is 9.14. The quantitative estimate of drug-likeness (QED) is 0.913. The molecule has 2 aromatic rings. The molecule has 0 aliphatic carbocycles. The maximum absolute atomic E-state index is 12.5. The Morgan fingerprint density at radius 1 is 1.32 bits per heavy atom. The number of benzene rings is 1. The number of fused-ring (bicyclic) bond motifs is 1. The van der Waals surface area contributed by atoms with Crippen molar-refractivity contribution in [2.75, 3.05) is 7.05 Å². The molecule has 2 rings (SSSR count). The van der Waals surface area contributed by atoms with E-state index in [-0.39, 0.29) is 11.5 Å². The normalized spacial score (nSPS) is 10.6. The van der Waals surface area contributed by atoms with Crippen LogP contribution in [0.4, 0.5) is 0 Å². The van der Waals surface area contributed by atoms with Gasteiger partial charge < -0.3 is 9.88 Å². The highest BCUT2D eigenvalue weighted by molar-refractivity contribution is 5.96. The Labute approximate surface area is 112 Å². The number of carbonyl (C=O) groups is 1. The van der Waals surface area contributed by atoms with Crippen molar-refractivity contribution in [3.8, 4) is 0 Å². The van der Waals surface area contributed by atoms with Crippen LogP contribution in [0.25, 0.3) is 10.8 Å². The topological polar surface area (TPSA) is 51.1 Å². The van der Waals surface area contributed by atoms with Crippen molar-refractivity contribution < 1.29 is 4.79 Å². The van der Waals surface area contributed by atoms with Gasteiger partial charge in [-0.15, -0.1) is 0 Å². The summed E-state index contributed by atoms with van der Waals surface area (Å²) in [5.74, 6) is -0.223. The third-order valence-corrected chi connectivity index (χ3v) is 3.21. The van der Waals surface area contributed by atoms with E-state index >= 15 is 0 Å². The van der Waals surface area contributed by atoms with Crippen molar-refractivity contribution >= 4 is 16.7 Å². The Hall–Kier alpha value is -2.10. The molecular weight excluding hydrogens is 240 g/mol. The summed E-state index contributed by atoms with van der Waals surface area (Å²) in [5, 5.41) is 4.05. The Morgan fingerprint density at radius 2 is 2.05 bits per heavy atom. The molecular formula is C15H18N2O2. The summed E-state index contributed by atoms with van der Waals surface area (Å²) in [6.07, 6.45) is 1.86. The van der Waals surface area contributed by atoms with Gasteiger partial charge in [0.25, 0.3) is 11.5 Å². The van der Waals surface area contributed by atoms with E-state index in [0.29, 0.717) is 17.6 Å². The number of pyridine rings is 1. The van der Waals surface area contributed by atoms with E-state index in [4.69, 9.17) is 0 Å². The number of aromatic nitrogens is 1. The molecule has 0 unspecified atom stereocenters. The zero-order valence-electron chi connectivity index (χ0n) is 11.3. The Kier molecular flexibility index (Phi) is 4.00. The van der Waals surface area contributed by atoms with Crippen molar-refractivity contribution in [2.24, 2.45) is 0 Å². The molecule has 4 heteroatoms. The number of amides is 1. The standard InChI is InChI=1S/C15H18N2O2/c1-3-4-9-17-13(14(18)16-2)10-11-7-5-6-8-12(11)15(17)19/h5-8,10H,3-4,9H2,1-2H3,(H,16,18).